The summed E-state index contributed by atoms with van der Waals surface area (Å²) in [4.78, 5) is 15.5. The molecule has 2 aromatic carbocycles. The van der Waals surface area contributed by atoms with Gasteiger partial charge in [-0.05, 0) is 49.4 Å². The van der Waals surface area contributed by atoms with E-state index in [4.69, 9.17) is 4.74 Å². The number of nitrogens with one attached hydrogen (secondary N) is 1. The molecule has 1 fully saturated rings. The first-order chi connectivity index (χ1) is 12.1. The molecule has 1 aliphatic heterocycles. The highest BCUT2D eigenvalue weighted by Gasteiger charge is 2.22. The molecule has 0 bridgehead atoms. The summed E-state index contributed by atoms with van der Waals surface area (Å²) in [6.07, 6.45) is 0. The SMILES string of the molecule is COc1ccc(C(C)=O)cc1C[NH+]1CCN(c2ccc(O)cc2)CC1. The molecule has 0 spiro atoms. The van der Waals surface area contributed by atoms with Crippen molar-refractivity contribution in [1.29, 1.82) is 0 Å². The van der Waals surface area contributed by atoms with Crippen LogP contribution in [0.15, 0.2) is 42.5 Å². The number of aromatic hydroxyl groups is 1. The third-order valence-electron chi connectivity index (χ3n) is 4.81. The minimum Gasteiger partial charge on any atom is -0.508 e. The highest BCUT2D eigenvalue weighted by atomic mass is 16.5. The van der Waals surface area contributed by atoms with E-state index in [2.05, 4.69) is 4.90 Å². The van der Waals surface area contributed by atoms with E-state index in [1.54, 1.807) is 26.2 Å². The number of rotatable bonds is 5. The molecule has 0 aromatic heterocycles. The van der Waals surface area contributed by atoms with Gasteiger partial charge in [0.2, 0.25) is 0 Å². The summed E-state index contributed by atoms with van der Waals surface area (Å²) >= 11 is 0. The van der Waals surface area contributed by atoms with Gasteiger partial charge in [-0.2, -0.15) is 0 Å². The van der Waals surface area contributed by atoms with E-state index in [1.165, 1.54) is 4.90 Å². The maximum Gasteiger partial charge on any atom is 0.159 e. The Balaban J connectivity index is 1.65. The number of Topliss-reactive ketones (excluding diaryl/α,β-unsaturated/α-hetero) is 1. The van der Waals surface area contributed by atoms with Crippen LogP contribution in [0.3, 0.4) is 0 Å². The Bertz CT molecular complexity index is 735. The van der Waals surface area contributed by atoms with Gasteiger partial charge in [-0.1, -0.05) is 0 Å². The standard InChI is InChI=1S/C20H24N2O3/c1-15(23)16-3-8-20(25-2)17(13-16)14-21-9-11-22(12-10-21)18-4-6-19(24)7-5-18/h3-8,13,24H,9-12,14H2,1-2H3/p+1. The Morgan fingerprint density at radius 2 is 1.84 bits per heavy atom. The van der Waals surface area contributed by atoms with Gasteiger partial charge in [0.1, 0.15) is 18.0 Å². The van der Waals surface area contributed by atoms with Crippen molar-refractivity contribution >= 4 is 11.5 Å². The van der Waals surface area contributed by atoms with Crippen molar-refractivity contribution in [2.45, 2.75) is 13.5 Å². The number of ether oxygens (including phenoxy) is 1. The largest absolute Gasteiger partial charge is 0.508 e. The van der Waals surface area contributed by atoms with Gasteiger partial charge < -0.3 is 19.6 Å². The summed E-state index contributed by atoms with van der Waals surface area (Å²) in [7, 11) is 1.67. The van der Waals surface area contributed by atoms with Crippen molar-refractivity contribution in [1.82, 2.24) is 0 Å². The number of benzene rings is 2. The third-order valence-corrected chi connectivity index (χ3v) is 4.81. The van der Waals surface area contributed by atoms with Crippen LogP contribution >= 0.6 is 0 Å². The van der Waals surface area contributed by atoms with Gasteiger partial charge in [-0.25, -0.2) is 0 Å². The Morgan fingerprint density at radius 1 is 1.16 bits per heavy atom. The van der Waals surface area contributed by atoms with Crippen LogP contribution in [0.2, 0.25) is 0 Å². The number of carbonyl (C=O) groups is 1. The van der Waals surface area contributed by atoms with Crippen LogP contribution in [-0.2, 0) is 6.54 Å². The number of ketones is 1. The molecule has 0 radical (unpaired) electrons. The van der Waals surface area contributed by atoms with Crippen molar-refractivity contribution in [2.24, 2.45) is 0 Å². The van der Waals surface area contributed by atoms with Gasteiger partial charge in [0, 0.05) is 16.8 Å². The molecular formula is C20H25N2O3+. The molecule has 1 saturated heterocycles. The Kier molecular flexibility index (Phi) is 5.24. The van der Waals surface area contributed by atoms with Crippen molar-refractivity contribution in [3.05, 3.63) is 53.6 Å². The second-order valence-electron chi connectivity index (χ2n) is 6.51. The van der Waals surface area contributed by atoms with Crippen LogP contribution in [0.4, 0.5) is 5.69 Å². The molecule has 5 nitrogen and oxygen atoms in total. The molecule has 3 rings (SSSR count). The van der Waals surface area contributed by atoms with Crippen LogP contribution in [0.5, 0.6) is 11.5 Å². The summed E-state index contributed by atoms with van der Waals surface area (Å²) in [5, 5.41) is 9.41. The highest BCUT2D eigenvalue weighted by molar-refractivity contribution is 5.94. The topological polar surface area (TPSA) is 54.2 Å². The average molecular weight is 341 g/mol. The predicted molar refractivity (Wildman–Crippen MR) is 97.7 cm³/mol. The molecule has 0 aliphatic carbocycles. The van der Waals surface area contributed by atoms with Gasteiger partial charge in [0.15, 0.2) is 5.78 Å². The Labute approximate surface area is 148 Å². The van der Waals surface area contributed by atoms with Gasteiger partial charge in [-0.3, -0.25) is 4.79 Å². The van der Waals surface area contributed by atoms with Crippen LogP contribution in [0.25, 0.3) is 0 Å². The lowest BCUT2D eigenvalue weighted by Gasteiger charge is -2.34. The number of hydrogen-bond donors (Lipinski definition) is 2. The molecule has 0 saturated carbocycles. The van der Waals surface area contributed by atoms with Gasteiger partial charge in [0.05, 0.1) is 33.3 Å². The lowest BCUT2D eigenvalue weighted by Crippen LogP contribution is -3.13. The van der Waals surface area contributed by atoms with Crippen LogP contribution in [0.1, 0.15) is 22.8 Å². The van der Waals surface area contributed by atoms with Crippen molar-refractivity contribution in [3.63, 3.8) is 0 Å². The molecule has 1 heterocycles. The number of nitrogens with zero attached hydrogens (tertiary/aromatic N) is 1. The number of anilines is 1. The van der Waals surface area contributed by atoms with Gasteiger partial charge in [0.25, 0.3) is 0 Å². The lowest BCUT2D eigenvalue weighted by molar-refractivity contribution is -0.914. The second-order valence-corrected chi connectivity index (χ2v) is 6.51. The number of carbonyl (C=O) groups excluding carboxylic acids is 1. The van der Waals surface area contributed by atoms with Crippen molar-refractivity contribution in [3.8, 4) is 11.5 Å². The fourth-order valence-electron chi connectivity index (χ4n) is 3.33. The van der Waals surface area contributed by atoms with E-state index in [0.29, 0.717) is 5.75 Å². The molecule has 0 atom stereocenters. The van der Waals surface area contributed by atoms with Crippen LogP contribution in [-0.4, -0.2) is 44.2 Å². The normalized spacial score (nSPS) is 15.2. The first-order valence-corrected chi connectivity index (χ1v) is 8.62. The van der Waals surface area contributed by atoms with Gasteiger partial charge in [-0.15, -0.1) is 0 Å². The zero-order valence-electron chi connectivity index (χ0n) is 14.8. The number of hydrogen-bond acceptors (Lipinski definition) is 4. The fraction of sp³-hybridized carbons (Fsp3) is 0.350. The molecule has 2 N–H and O–H groups in total. The third kappa shape index (κ3) is 4.12. The smallest absolute Gasteiger partial charge is 0.159 e. The first kappa shape index (κ1) is 17.3. The van der Waals surface area contributed by atoms with Gasteiger partial charge >= 0.3 is 0 Å². The monoisotopic (exact) mass is 341 g/mol. The number of phenolic OH excluding ortho intramolecular Hbond substituents is 1. The fourth-order valence-corrected chi connectivity index (χ4v) is 3.33. The number of methoxy groups -OCH3 is 1. The zero-order valence-corrected chi connectivity index (χ0v) is 14.8. The summed E-state index contributed by atoms with van der Waals surface area (Å²) in [5.41, 5.74) is 2.97. The van der Waals surface area contributed by atoms with E-state index >= 15 is 0 Å². The van der Waals surface area contributed by atoms with E-state index < -0.39 is 0 Å². The quantitative estimate of drug-likeness (QED) is 0.810. The molecule has 0 amide bonds. The first-order valence-electron chi connectivity index (χ1n) is 8.62. The Morgan fingerprint density at radius 3 is 2.44 bits per heavy atom. The summed E-state index contributed by atoms with van der Waals surface area (Å²) in [6.45, 7) is 6.43. The molecule has 25 heavy (non-hydrogen) atoms. The number of phenols is 1. The average Bonchev–Trinajstić information content (AvgIpc) is 2.63. The summed E-state index contributed by atoms with van der Waals surface area (Å²) in [5.74, 6) is 1.22. The van der Waals surface area contributed by atoms with E-state index in [-0.39, 0.29) is 5.78 Å². The second kappa shape index (κ2) is 7.57. The Hall–Kier alpha value is -2.53. The summed E-state index contributed by atoms with van der Waals surface area (Å²) in [6, 6.07) is 13.0. The van der Waals surface area contributed by atoms with E-state index in [1.807, 2.05) is 30.3 Å². The molecule has 0 unspecified atom stereocenters. The molecular weight excluding hydrogens is 316 g/mol. The molecule has 132 valence electrons. The van der Waals surface area contributed by atoms with Crippen molar-refractivity contribution in [2.75, 3.05) is 38.2 Å². The maximum absolute atomic E-state index is 11.6. The minimum atomic E-state index is 0.0797. The number of quaternary nitrogens is 1. The highest BCUT2D eigenvalue weighted by Crippen LogP contribution is 2.20. The molecule has 2 aromatic rings. The zero-order chi connectivity index (χ0) is 17.8. The molecule has 1 aliphatic rings. The van der Waals surface area contributed by atoms with Crippen molar-refractivity contribution < 1.29 is 19.5 Å². The minimum absolute atomic E-state index is 0.0797. The lowest BCUT2D eigenvalue weighted by atomic mass is 10.1. The summed E-state index contributed by atoms with van der Waals surface area (Å²) < 4.78 is 5.46. The van der Waals surface area contributed by atoms with E-state index in [9.17, 15) is 9.90 Å². The maximum atomic E-state index is 11.6. The van der Waals surface area contributed by atoms with Crippen LogP contribution in [0, 0.1) is 0 Å². The number of piperazine rings is 1. The predicted octanol–water partition coefficient (Wildman–Crippen LogP) is 1.51. The van der Waals surface area contributed by atoms with Crippen LogP contribution < -0.4 is 14.5 Å². The van der Waals surface area contributed by atoms with E-state index in [0.717, 1.165) is 55.3 Å². The molecule has 5 heteroatoms.